The average molecular weight is 611 g/mol. The zero-order chi connectivity index (χ0) is 30.4. The maximum absolute atomic E-state index is 11.9. The van der Waals surface area contributed by atoms with Crippen LogP contribution in [0.2, 0.25) is 0 Å². The zero-order valence-electron chi connectivity index (χ0n) is 24.0. The molecule has 11 nitrogen and oxygen atoms in total. The number of sulfonamides is 2. The predicted molar refractivity (Wildman–Crippen MR) is 166 cm³/mol. The minimum atomic E-state index is -3.42. The molecule has 0 fully saturated rings. The fourth-order valence-electron chi connectivity index (χ4n) is 2.80. The maximum atomic E-state index is 11.9. The number of nitrogens with zero attached hydrogens (tertiary/aromatic N) is 3. The van der Waals surface area contributed by atoms with Gasteiger partial charge in [-0.3, -0.25) is 9.59 Å². The number of amides is 1. The third kappa shape index (κ3) is 12.5. The smallest absolute Gasteiger partial charge is 0.303 e. The Kier molecular flexibility index (Phi) is 18.0. The van der Waals surface area contributed by atoms with Crippen LogP contribution in [-0.4, -0.2) is 84.7 Å². The molecule has 0 bridgehead atoms. The van der Waals surface area contributed by atoms with Crippen LogP contribution < -0.4 is 10.2 Å². The first-order chi connectivity index (χ1) is 18.1. The summed E-state index contributed by atoms with van der Waals surface area (Å²) in [6, 6.07) is 12.9. The summed E-state index contributed by atoms with van der Waals surface area (Å²) < 4.78 is 49.4. The monoisotopic (exact) mass is 610 g/mol. The lowest BCUT2D eigenvalue weighted by atomic mass is 10.2. The number of anilines is 2. The van der Waals surface area contributed by atoms with Gasteiger partial charge in [-0.2, -0.15) is 0 Å². The summed E-state index contributed by atoms with van der Waals surface area (Å²) >= 11 is 0. The van der Waals surface area contributed by atoms with Crippen LogP contribution in [0.15, 0.2) is 58.3 Å². The number of hydrogen-bond donors (Lipinski definition) is 2. The Morgan fingerprint density at radius 1 is 0.750 bits per heavy atom. The molecular formula is C27H50N4O7S2. The van der Waals surface area contributed by atoms with Gasteiger partial charge in [0.2, 0.25) is 26.0 Å². The highest BCUT2D eigenvalue weighted by molar-refractivity contribution is 7.89. The summed E-state index contributed by atoms with van der Waals surface area (Å²) in [5.41, 5.74) is 1.58. The van der Waals surface area contributed by atoms with Gasteiger partial charge in [0.05, 0.1) is 9.79 Å². The van der Waals surface area contributed by atoms with Crippen molar-refractivity contribution in [2.24, 2.45) is 0 Å². The van der Waals surface area contributed by atoms with E-state index < -0.39 is 26.0 Å². The van der Waals surface area contributed by atoms with Crippen LogP contribution in [-0.2, 0) is 29.6 Å². The Balaban J connectivity index is -0.000000278. The van der Waals surface area contributed by atoms with Crippen LogP contribution in [0.1, 0.15) is 49.8 Å². The molecule has 13 heteroatoms. The maximum Gasteiger partial charge on any atom is 0.303 e. The molecule has 40 heavy (non-hydrogen) atoms. The number of carbonyl (C=O) groups is 2. The molecule has 0 aromatic heterocycles. The van der Waals surface area contributed by atoms with Gasteiger partial charge in [-0.25, -0.2) is 25.4 Å². The van der Waals surface area contributed by atoms with E-state index in [9.17, 15) is 26.4 Å². The lowest BCUT2D eigenvalue weighted by molar-refractivity contribution is -0.137. The van der Waals surface area contributed by atoms with Gasteiger partial charge in [0, 0.05) is 69.4 Å². The number of benzene rings is 2. The van der Waals surface area contributed by atoms with Gasteiger partial charge in [-0.1, -0.05) is 21.3 Å². The zero-order valence-corrected chi connectivity index (χ0v) is 25.6. The summed E-state index contributed by atoms with van der Waals surface area (Å²) in [6.07, 6.45) is 2.29. The van der Waals surface area contributed by atoms with E-state index in [4.69, 9.17) is 5.11 Å². The highest BCUT2D eigenvalue weighted by Crippen LogP contribution is 2.19. The fraction of sp³-hybridized carbons (Fsp3) is 0.481. The third-order valence-corrected chi connectivity index (χ3v) is 8.88. The molecule has 2 N–H and O–H groups in total. The highest BCUT2D eigenvalue weighted by atomic mass is 32.2. The van der Waals surface area contributed by atoms with Crippen molar-refractivity contribution >= 4 is 43.3 Å². The van der Waals surface area contributed by atoms with Gasteiger partial charge in [0.1, 0.15) is 0 Å². The lowest BCUT2D eigenvalue weighted by Gasteiger charge is -2.18. The van der Waals surface area contributed by atoms with E-state index in [0.29, 0.717) is 23.4 Å². The van der Waals surface area contributed by atoms with E-state index in [1.54, 1.807) is 50.5 Å². The number of hydrogen-bond acceptors (Lipinski definition) is 7. The van der Waals surface area contributed by atoms with Crippen molar-refractivity contribution in [2.45, 2.75) is 56.7 Å². The quantitative estimate of drug-likeness (QED) is 0.395. The molecule has 2 aromatic rings. The first-order valence-electron chi connectivity index (χ1n) is 12.3. The molecule has 0 saturated carbocycles. The molecular weight excluding hydrogens is 556 g/mol. The normalized spacial score (nSPS) is 10.8. The summed E-state index contributed by atoms with van der Waals surface area (Å²) in [5, 5.41) is 10.8. The van der Waals surface area contributed by atoms with Crippen molar-refractivity contribution in [3.05, 3.63) is 48.5 Å². The van der Waals surface area contributed by atoms with Crippen molar-refractivity contribution in [1.29, 1.82) is 0 Å². The van der Waals surface area contributed by atoms with E-state index >= 15 is 0 Å². The third-order valence-electron chi connectivity index (χ3n) is 5.23. The molecule has 0 spiro atoms. The number of carboxylic acids is 1. The lowest BCUT2D eigenvalue weighted by Crippen LogP contribution is -2.26. The first kappa shape index (κ1) is 39.1. The molecule has 232 valence electrons. The van der Waals surface area contributed by atoms with Crippen molar-refractivity contribution < 1.29 is 34.4 Å². The van der Waals surface area contributed by atoms with Gasteiger partial charge >= 0.3 is 5.97 Å². The molecule has 0 heterocycles. The van der Waals surface area contributed by atoms with Crippen LogP contribution in [0.25, 0.3) is 0 Å². The second-order valence-electron chi connectivity index (χ2n) is 8.69. The van der Waals surface area contributed by atoms with Crippen molar-refractivity contribution in [2.75, 3.05) is 52.5 Å². The molecule has 0 aliphatic heterocycles. The van der Waals surface area contributed by atoms with Gasteiger partial charge < -0.3 is 15.3 Å². The molecule has 0 aliphatic carbocycles. The van der Waals surface area contributed by atoms with Crippen LogP contribution in [0, 0.1) is 0 Å². The number of nitrogens with one attached hydrogen (secondary N) is 1. The van der Waals surface area contributed by atoms with Crippen LogP contribution in [0.4, 0.5) is 11.4 Å². The van der Waals surface area contributed by atoms with Crippen LogP contribution >= 0.6 is 0 Å². The van der Waals surface area contributed by atoms with Crippen molar-refractivity contribution in [1.82, 2.24) is 8.61 Å². The predicted octanol–water partition coefficient (Wildman–Crippen LogP) is 4.68. The SMILES string of the molecule is C.CCCC(=O)N(C)c1ccc(S(=O)(=O)N(C)C)cc1.CCCC(=O)O.CNc1ccc(S(=O)(=O)N(C)C)cc1.[3HH].[3HH]. The van der Waals surface area contributed by atoms with E-state index in [0.717, 1.165) is 22.8 Å². The molecule has 0 atom stereocenters. The second kappa shape index (κ2) is 18.4. The Hall–Kier alpha value is -3.00. The first-order valence-corrected chi connectivity index (χ1v) is 15.1. The standard InChI is InChI=1S/C13H20N2O3S.C9H14N2O2S.C4H8O2.CH4.2H2/c1-5-6-13(16)15(4)11-7-9-12(10-8-11)19(17,18)14(2)3;1-10-8-4-6-9(7-5-8)14(12,13)11(2)3;1-2-3-4(5)6;;;/h7-10H,5-6H2,1-4H3;4-7,10H,1-3H3;2-3H2,1H3,(H,5,6);1H4;2*1H/i;;;;2*1+2. The Morgan fingerprint density at radius 3 is 1.40 bits per heavy atom. The fourth-order valence-corrected chi connectivity index (χ4v) is 4.60. The number of rotatable bonds is 10. The van der Waals surface area contributed by atoms with Crippen LogP contribution in [0.3, 0.4) is 0 Å². The Bertz CT molecular complexity index is 1260. The van der Waals surface area contributed by atoms with E-state index in [1.807, 2.05) is 13.8 Å². The van der Waals surface area contributed by atoms with Gasteiger partial charge in [-0.15, -0.1) is 0 Å². The number of carboxylic acid groups (broad SMARTS) is 1. The molecule has 2 rings (SSSR count). The topological polar surface area (TPSA) is 144 Å². The molecule has 0 aliphatic rings. The van der Waals surface area contributed by atoms with Crippen molar-refractivity contribution in [3.63, 3.8) is 0 Å². The minimum Gasteiger partial charge on any atom is -0.481 e. The van der Waals surface area contributed by atoms with E-state index in [-0.39, 0.29) is 21.1 Å². The Morgan fingerprint density at radius 2 is 1.12 bits per heavy atom. The molecule has 2 aromatic carbocycles. The number of carbonyl (C=O) groups excluding carboxylic acids is 1. The molecule has 0 radical (unpaired) electrons. The van der Waals surface area contributed by atoms with E-state index in [1.165, 1.54) is 49.5 Å². The summed E-state index contributed by atoms with van der Waals surface area (Å²) in [4.78, 5) is 23.4. The minimum absolute atomic E-state index is 0. The molecule has 1 amide bonds. The molecule has 0 saturated heterocycles. The highest BCUT2D eigenvalue weighted by Gasteiger charge is 2.18. The summed E-state index contributed by atoms with van der Waals surface area (Å²) in [6.45, 7) is 3.78. The van der Waals surface area contributed by atoms with Gasteiger partial charge in [-0.05, 0) is 61.4 Å². The van der Waals surface area contributed by atoms with Crippen LogP contribution in [0.5, 0.6) is 0 Å². The Labute approximate surface area is 243 Å². The summed E-state index contributed by atoms with van der Waals surface area (Å²) in [7, 11) is 2.76. The average Bonchev–Trinajstić information content (AvgIpc) is 2.89. The second-order valence-corrected chi connectivity index (χ2v) is 13.0. The summed E-state index contributed by atoms with van der Waals surface area (Å²) in [5.74, 6) is -0.691. The molecule has 0 unspecified atom stereocenters. The number of aliphatic carboxylic acids is 1. The van der Waals surface area contributed by atoms with E-state index in [2.05, 4.69) is 5.32 Å². The van der Waals surface area contributed by atoms with Crippen molar-refractivity contribution in [3.8, 4) is 0 Å². The van der Waals surface area contributed by atoms with Gasteiger partial charge in [0.25, 0.3) is 0 Å². The van der Waals surface area contributed by atoms with Gasteiger partial charge in [0.15, 0.2) is 0 Å². The largest absolute Gasteiger partial charge is 0.481 e.